The molecule has 0 unspecified atom stereocenters. The van der Waals surface area contributed by atoms with E-state index in [9.17, 15) is 26.0 Å². The number of rotatable bonds is 9. The zero-order chi connectivity index (χ0) is 28.2. The van der Waals surface area contributed by atoms with E-state index in [1.165, 1.54) is 36.4 Å². The summed E-state index contributed by atoms with van der Waals surface area (Å²) in [5.74, 6) is -1.25. The molecule has 0 heterocycles. The molecule has 0 atom stereocenters. The molecule has 39 heavy (non-hydrogen) atoms. The Bertz CT molecular complexity index is 1690. The van der Waals surface area contributed by atoms with Gasteiger partial charge in [0.2, 0.25) is 5.91 Å². The molecule has 1 amide bonds. The van der Waals surface area contributed by atoms with Crippen LogP contribution in [0.5, 0.6) is 0 Å². The lowest BCUT2D eigenvalue weighted by Gasteiger charge is -2.24. The Kier molecular flexibility index (Phi) is 8.03. The van der Waals surface area contributed by atoms with Crippen molar-refractivity contribution < 1.29 is 26.0 Å². The highest BCUT2D eigenvalue weighted by Crippen LogP contribution is 2.25. The lowest BCUT2D eigenvalue weighted by molar-refractivity contribution is -0.114. The number of anilines is 3. The Hall–Kier alpha value is -4.22. The van der Waals surface area contributed by atoms with E-state index in [1.54, 1.807) is 37.3 Å². The maximum atomic E-state index is 13.4. The van der Waals surface area contributed by atoms with Crippen LogP contribution in [0.25, 0.3) is 0 Å². The van der Waals surface area contributed by atoms with E-state index in [-0.39, 0.29) is 21.2 Å². The molecule has 0 aliphatic heterocycles. The van der Waals surface area contributed by atoms with E-state index in [4.69, 9.17) is 0 Å². The van der Waals surface area contributed by atoms with Gasteiger partial charge >= 0.3 is 0 Å². The number of nitrogens with zero attached hydrogens (tertiary/aromatic N) is 1. The van der Waals surface area contributed by atoms with E-state index in [1.807, 2.05) is 13.0 Å². The number of halogens is 1. The van der Waals surface area contributed by atoms with Gasteiger partial charge in [-0.1, -0.05) is 35.9 Å². The molecule has 4 rings (SSSR count). The van der Waals surface area contributed by atoms with Gasteiger partial charge in [-0.25, -0.2) is 21.2 Å². The van der Waals surface area contributed by atoms with Crippen LogP contribution < -0.4 is 14.3 Å². The van der Waals surface area contributed by atoms with E-state index in [0.29, 0.717) is 5.69 Å². The highest BCUT2D eigenvalue weighted by Gasteiger charge is 2.27. The van der Waals surface area contributed by atoms with E-state index >= 15 is 0 Å². The average molecular weight is 568 g/mol. The summed E-state index contributed by atoms with van der Waals surface area (Å²) >= 11 is 0. The van der Waals surface area contributed by atoms with Gasteiger partial charge in [-0.3, -0.25) is 13.8 Å². The summed E-state index contributed by atoms with van der Waals surface area (Å²) in [7, 11) is -8.08. The molecule has 202 valence electrons. The minimum Gasteiger partial charge on any atom is -0.325 e. The van der Waals surface area contributed by atoms with Crippen LogP contribution in [0.1, 0.15) is 11.1 Å². The van der Waals surface area contributed by atoms with Crippen LogP contribution in [0.3, 0.4) is 0 Å². The maximum absolute atomic E-state index is 13.4. The van der Waals surface area contributed by atoms with Crippen molar-refractivity contribution in [3.05, 3.63) is 114 Å². The SMILES string of the molecule is Cc1ccc(NS(=O)(=O)c2ccc(NC(=O)CN(c3ccccc3)S(=O)(=O)c3ccc(F)cc3)cc2)c(C)c1. The van der Waals surface area contributed by atoms with Crippen molar-refractivity contribution in [2.24, 2.45) is 0 Å². The standard InChI is InChI=1S/C28H26FN3O5S2/c1-20-8-17-27(21(2)18-20)31-38(34,35)25-15-11-23(12-16-25)30-28(33)19-32(24-6-4-3-5-7-24)39(36,37)26-13-9-22(29)10-14-26/h3-18,31H,19H2,1-2H3,(H,30,33). The Labute approximate surface area is 227 Å². The quantitative estimate of drug-likeness (QED) is 0.293. The smallest absolute Gasteiger partial charge is 0.264 e. The van der Waals surface area contributed by atoms with Crippen LogP contribution in [0.2, 0.25) is 0 Å². The van der Waals surface area contributed by atoms with Crippen LogP contribution >= 0.6 is 0 Å². The third-order valence-corrected chi connectivity index (χ3v) is 8.98. The number of hydrogen-bond donors (Lipinski definition) is 2. The number of para-hydroxylation sites is 1. The van der Waals surface area contributed by atoms with Crippen LogP contribution in [0, 0.1) is 19.7 Å². The first-order chi connectivity index (χ1) is 18.5. The van der Waals surface area contributed by atoms with E-state index < -0.39 is 38.3 Å². The first kappa shape index (κ1) is 27.8. The van der Waals surface area contributed by atoms with Crippen molar-refractivity contribution in [1.82, 2.24) is 0 Å². The summed E-state index contributed by atoms with van der Waals surface area (Å²) in [5.41, 5.74) is 2.77. The molecular formula is C28H26FN3O5S2. The van der Waals surface area contributed by atoms with Gasteiger partial charge in [-0.2, -0.15) is 0 Å². The van der Waals surface area contributed by atoms with Gasteiger partial charge in [0.1, 0.15) is 12.4 Å². The second-order valence-corrected chi connectivity index (χ2v) is 12.3. The molecule has 0 aromatic heterocycles. The molecule has 0 aliphatic rings. The fourth-order valence-electron chi connectivity index (χ4n) is 3.82. The van der Waals surface area contributed by atoms with Gasteiger partial charge in [0.15, 0.2) is 0 Å². The molecule has 0 bridgehead atoms. The minimum atomic E-state index is -4.20. The fraction of sp³-hybridized carbons (Fsp3) is 0.107. The lowest BCUT2D eigenvalue weighted by atomic mass is 10.1. The van der Waals surface area contributed by atoms with Gasteiger partial charge in [0.25, 0.3) is 20.0 Å². The minimum absolute atomic E-state index is 0.00901. The topological polar surface area (TPSA) is 113 Å². The normalized spacial score (nSPS) is 11.6. The summed E-state index contributed by atoms with van der Waals surface area (Å²) in [6, 6.07) is 23.2. The highest BCUT2D eigenvalue weighted by molar-refractivity contribution is 7.93. The van der Waals surface area contributed by atoms with Gasteiger partial charge < -0.3 is 5.32 Å². The zero-order valence-corrected chi connectivity index (χ0v) is 22.8. The molecule has 0 saturated carbocycles. The number of carbonyl (C=O) groups is 1. The van der Waals surface area contributed by atoms with Crippen molar-refractivity contribution >= 4 is 43.0 Å². The van der Waals surface area contributed by atoms with Crippen molar-refractivity contribution in [2.45, 2.75) is 23.6 Å². The van der Waals surface area contributed by atoms with Gasteiger partial charge in [-0.05, 0) is 86.1 Å². The third-order valence-electron chi connectivity index (χ3n) is 5.81. The molecule has 0 aliphatic carbocycles. The second kappa shape index (κ2) is 11.3. The molecule has 0 spiro atoms. The second-order valence-electron chi connectivity index (χ2n) is 8.80. The molecule has 0 saturated heterocycles. The molecule has 4 aromatic rings. The molecule has 8 nitrogen and oxygen atoms in total. The van der Waals surface area contributed by atoms with Crippen LogP contribution in [0.15, 0.2) is 107 Å². The summed E-state index contributed by atoms with van der Waals surface area (Å²) in [6.45, 7) is 3.14. The number of nitrogens with one attached hydrogen (secondary N) is 2. The molecule has 0 fully saturated rings. The molecular weight excluding hydrogens is 541 g/mol. The first-order valence-electron chi connectivity index (χ1n) is 11.8. The van der Waals surface area contributed by atoms with Gasteiger partial charge in [0, 0.05) is 5.69 Å². The number of aryl methyl sites for hydroxylation is 2. The van der Waals surface area contributed by atoms with Crippen molar-refractivity contribution in [1.29, 1.82) is 0 Å². The first-order valence-corrected chi connectivity index (χ1v) is 14.7. The number of sulfonamides is 2. The Morgan fingerprint density at radius 3 is 2.03 bits per heavy atom. The van der Waals surface area contributed by atoms with Crippen molar-refractivity contribution in [3.63, 3.8) is 0 Å². The zero-order valence-electron chi connectivity index (χ0n) is 21.1. The van der Waals surface area contributed by atoms with Crippen LogP contribution in [0.4, 0.5) is 21.5 Å². The Morgan fingerprint density at radius 1 is 0.795 bits per heavy atom. The van der Waals surface area contributed by atoms with Gasteiger partial charge in [-0.15, -0.1) is 0 Å². The lowest BCUT2D eigenvalue weighted by Crippen LogP contribution is -2.38. The average Bonchev–Trinajstić information content (AvgIpc) is 2.90. The largest absolute Gasteiger partial charge is 0.325 e. The number of amides is 1. The molecule has 2 N–H and O–H groups in total. The Morgan fingerprint density at radius 2 is 1.41 bits per heavy atom. The van der Waals surface area contributed by atoms with Gasteiger partial charge in [0.05, 0.1) is 21.2 Å². The summed E-state index contributed by atoms with van der Waals surface area (Å²) in [6.07, 6.45) is 0. The summed E-state index contributed by atoms with van der Waals surface area (Å²) in [4.78, 5) is 12.7. The number of hydrogen-bond acceptors (Lipinski definition) is 5. The fourth-order valence-corrected chi connectivity index (χ4v) is 6.38. The van der Waals surface area contributed by atoms with E-state index in [2.05, 4.69) is 10.0 Å². The van der Waals surface area contributed by atoms with E-state index in [0.717, 1.165) is 39.7 Å². The predicted molar refractivity (Wildman–Crippen MR) is 149 cm³/mol. The molecule has 11 heteroatoms. The van der Waals surface area contributed by atoms with Crippen LogP contribution in [-0.2, 0) is 24.8 Å². The Balaban J connectivity index is 1.51. The number of benzene rings is 4. The predicted octanol–water partition coefficient (Wildman–Crippen LogP) is 5.08. The van der Waals surface area contributed by atoms with Crippen molar-refractivity contribution in [2.75, 3.05) is 20.9 Å². The molecule has 0 radical (unpaired) electrons. The monoisotopic (exact) mass is 567 g/mol. The summed E-state index contributed by atoms with van der Waals surface area (Å²) < 4.78 is 69.2. The maximum Gasteiger partial charge on any atom is 0.264 e. The molecule has 4 aromatic carbocycles. The highest BCUT2D eigenvalue weighted by atomic mass is 32.2. The third kappa shape index (κ3) is 6.62. The van der Waals surface area contributed by atoms with Crippen molar-refractivity contribution in [3.8, 4) is 0 Å². The van der Waals surface area contributed by atoms with Crippen LogP contribution in [-0.4, -0.2) is 29.3 Å². The summed E-state index contributed by atoms with van der Waals surface area (Å²) in [5, 5.41) is 2.60. The number of carbonyl (C=O) groups excluding carboxylic acids is 1.